The highest BCUT2D eigenvalue weighted by Gasteiger charge is 2.48. The first-order valence-electron chi connectivity index (χ1n) is 12.4. The van der Waals surface area contributed by atoms with Crippen molar-refractivity contribution in [1.82, 2.24) is 14.9 Å². The molecule has 1 atom stereocenters. The van der Waals surface area contributed by atoms with Gasteiger partial charge in [-0.15, -0.1) is 0 Å². The lowest BCUT2D eigenvalue weighted by Crippen LogP contribution is -2.60. The molecule has 1 N–H and O–H groups in total. The Bertz CT molecular complexity index is 1610. The highest BCUT2D eigenvalue weighted by Crippen LogP contribution is 2.44. The Morgan fingerprint density at radius 3 is 2.54 bits per heavy atom. The highest BCUT2D eigenvalue weighted by atomic mass is 32.2. The average molecular weight is 550 g/mol. The summed E-state index contributed by atoms with van der Waals surface area (Å²) in [6, 6.07) is 18.6. The number of nitrogens with zero attached hydrogens (tertiary/aromatic N) is 4. The molecule has 202 valence electrons. The maximum Gasteiger partial charge on any atom is 0.410 e. The van der Waals surface area contributed by atoms with E-state index in [-0.39, 0.29) is 29.1 Å². The fourth-order valence-corrected chi connectivity index (χ4v) is 6.93. The van der Waals surface area contributed by atoms with Crippen molar-refractivity contribution in [2.75, 3.05) is 17.4 Å². The van der Waals surface area contributed by atoms with Gasteiger partial charge in [-0.1, -0.05) is 48.5 Å². The van der Waals surface area contributed by atoms with Crippen molar-refractivity contribution < 1.29 is 22.9 Å². The molecule has 11 nitrogen and oxygen atoms in total. The van der Waals surface area contributed by atoms with Gasteiger partial charge in [0.15, 0.2) is 0 Å². The van der Waals surface area contributed by atoms with Gasteiger partial charge in [0.05, 0.1) is 20.7 Å². The summed E-state index contributed by atoms with van der Waals surface area (Å²) in [6.07, 6.45) is 2.84. The van der Waals surface area contributed by atoms with Gasteiger partial charge in [-0.3, -0.25) is 14.4 Å². The van der Waals surface area contributed by atoms with Crippen LogP contribution < -0.4 is 4.31 Å². The van der Waals surface area contributed by atoms with Gasteiger partial charge in [-0.25, -0.2) is 18.2 Å². The normalized spacial score (nSPS) is 17.6. The summed E-state index contributed by atoms with van der Waals surface area (Å²) in [5, 5.41) is 12.5. The largest absolute Gasteiger partial charge is 0.445 e. The second-order valence-electron chi connectivity index (χ2n) is 9.63. The number of benzene rings is 2. The molecular weight excluding hydrogens is 522 g/mol. The van der Waals surface area contributed by atoms with E-state index in [2.05, 4.69) is 9.97 Å². The molecule has 3 heterocycles. The molecule has 2 aromatic carbocycles. The third-order valence-corrected chi connectivity index (χ3v) is 8.82. The number of rotatable bonds is 7. The summed E-state index contributed by atoms with van der Waals surface area (Å²) in [5.41, 5.74) is -0.665. The number of H-pyrrole nitrogens is 1. The number of hydrogen-bond acceptors (Lipinski definition) is 7. The average Bonchev–Trinajstić information content (AvgIpc) is 3.42. The van der Waals surface area contributed by atoms with Crippen LogP contribution in [-0.2, 0) is 21.4 Å². The molecule has 0 spiro atoms. The summed E-state index contributed by atoms with van der Waals surface area (Å²) in [5.74, 6) is 0. The Hall–Kier alpha value is -4.45. The van der Waals surface area contributed by atoms with Crippen LogP contribution in [0.5, 0.6) is 0 Å². The minimum Gasteiger partial charge on any atom is -0.445 e. The predicted octanol–water partition coefficient (Wildman–Crippen LogP) is 4.86. The van der Waals surface area contributed by atoms with E-state index in [1.165, 1.54) is 17.0 Å². The van der Waals surface area contributed by atoms with E-state index >= 15 is 0 Å². The zero-order valence-electron chi connectivity index (χ0n) is 21.2. The molecule has 0 radical (unpaired) electrons. The third kappa shape index (κ3) is 5.02. The van der Waals surface area contributed by atoms with E-state index in [0.29, 0.717) is 25.0 Å². The first-order chi connectivity index (χ1) is 18.7. The minimum atomic E-state index is -4.33. The number of fused-ring (bicyclic) bond motifs is 1. The maximum atomic E-state index is 14.3. The summed E-state index contributed by atoms with van der Waals surface area (Å²) in [7, 11) is -4.33. The number of sulfonamides is 1. The van der Waals surface area contributed by atoms with Crippen molar-refractivity contribution in [3.63, 3.8) is 0 Å². The molecule has 0 saturated carbocycles. The quantitative estimate of drug-likeness (QED) is 0.257. The van der Waals surface area contributed by atoms with Gasteiger partial charge in [-0.2, -0.15) is 0 Å². The fourth-order valence-electron chi connectivity index (χ4n) is 5.06. The van der Waals surface area contributed by atoms with Crippen LogP contribution in [0.2, 0.25) is 0 Å². The van der Waals surface area contributed by atoms with Crippen molar-refractivity contribution in [3.8, 4) is 0 Å². The van der Waals surface area contributed by atoms with Crippen molar-refractivity contribution in [2.45, 2.75) is 36.8 Å². The number of likely N-dealkylation sites (tertiary alicyclic amines) is 1. The van der Waals surface area contributed by atoms with Crippen molar-refractivity contribution in [1.29, 1.82) is 0 Å². The molecule has 12 heteroatoms. The molecule has 5 rings (SSSR count). The summed E-state index contributed by atoms with van der Waals surface area (Å²) >= 11 is 0. The first kappa shape index (κ1) is 26.2. The number of nitro groups is 1. The number of nitrogens with one attached hydrogen (secondary N) is 1. The van der Waals surface area contributed by atoms with Gasteiger partial charge in [0, 0.05) is 19.3 Å². The number of anilines is 1. The van der Waals surface area contributed by atoms with Crippen molar-refractivity contribution in [2.24, 2.45) is 0 Å². The Labute approximate surface area is 225 Å². The summed E-state index contributed by atoms with van der Waals surface area (Å²) < 4.78 is 35.3. The van der Waals surface area contributed by atoms with Crippen LogP contribution >= 0.6 is 0 Å². The monoisotopic (exact) mass is 549 g/mol. The van der Waals surface area contributed by atoms with E-state index in [1.54, 1.807) is 37.4 Å². The predicted molar refractivity (Wildman–Crippen MR) is 145 cm³/mol. The second-order valence-corrected chi connectivity index (χ2v) is 11.4. The van der Waals surface area contributed by atoms with Crippen LogP contribution in [0, 0.1) is 10.1 Å². The molecular formula is C27H27N5O6S. The second kappa shape index (κ2) is 10.4. The van der Waals surface area contributed by atoms with Crippen LogP contribution in [0.15, 0.2) is 84.0 Å². The summed E-state index contributed by atoms with van der Waals surface area (Å²) in [6.45, 7) is 2.10. The minimum absolute atomic E-state index is 0.0233. The molecule has 1 unspecified atom stereocenters. The van der Waals surface area contributed by atoms with Crippen LogP contribution in [0.4, 0.5) is 16.2 Å². The van der Waals surface area contributed by atoms with Gasteiger partial charge >= 0.3 is 11.8 Å². The molecule has 39 heavy (non-hydrogen) atoms. The number of ether oxygens (including phenoxy) is 1. The third-order valence-electron chi connectivity index (χ3n) is 6.85. The molecule has 1 aliphatic rings. The van der Waals surface area contributed by atoms with Crippen molar-refractivity contribution >= 4 is 38.5 Å². The van der Waals surface area contributed by atoms with E-state index in [9.17, 15) is 23.3 Å². The number of amides is 1. The number of carbonyl (C=O) groups excluding carboxylic acids is 1. The van der Waals surface area contributed by atoms with Gasteiger partial charge in [0.25, 0.3) is 10.0 Å². The molecule has 0 bridgehead atoms. The van der Waals surface area contributed by atoms with Crippen LogP contribution in [0.1, 0.15) is 25.3 Å². The number of piperidine rings is 1. The smallest absolute Gasteiger partial charge is 0.410 e. The first-order valence-corrected chi connectivity index (χ1v) is 13.8. The number of aromatic amines is 1. The number of hydrogen-bond donors (Lipinski definition) is 1. The highest BCUT2D eigenvalue weighted by molar-refractivity contribution is 7.93. The zero-order chi connectivity index (χ0) is 27.6. The topological polar surface area (TPSA) is 139 Å². The standard InChI is InChI=1S/C27H27N5O6S/c1-27(14-8-16-30(19-27)26(33)38-18-20-9-4-2-5-10-20)31(39(36,37)21-11-6-3-7-12-21)24-22-13-15-28-25(22)29-17-23(24)32(34)35/h2-7,9-13,15,17H,8,14,16,18-19H2,1H3,(H,28,29). The van der Waals surface area contributed by atoms with Crippen LogP contribution in [-0.4, -0.2) is 52.9 Å². The van der Waals surface area contributed by atoms with E-state index in [0.717, 1.165) is 16.1 Å². The molecule has 1 fully saturated rings. The van der Waals surface area contributed by atoms with Crippen LogP contribution in [0.25, 0.3) is 11.0 Å². The number of aromatic nitrogens is 2. The Morgan fingerprint density at radius 1 is 1.15 bits per heavy atom. The molecule has 2 aromatic heterocycles. The van der Waals surface area contributed by atoms with E-state index < -0.39 is 32.3 Å². The van der Waals surface area contributed by atoms with Crippen LogP contribution in [0.3, 0.4) is 0 Å². The van der Waals surface area contributed by atoms with E-state index in [1.807, 2.05) is 30.3 Å². The molecule has 4 aromatic rings. The van der Waals surface area contributed by atoms with Gasteiger partial charge in [-0.05, 0) is 43.5 Å². The molecule has 1 saturated heterocycles. The fraction of sp³-hybridized carbons (Fsp3) is 0.259. The van der Waals surface area contributed by atoms with Gasteiger partial charge in [0.1, 0.15) is 24.1 Å². The number of pyridine rings is 1. The zero-order valence-corrected chi connectivity index (χ0v) is 22.0. The van der Waals surface area contributed by atoms with Crippen molar-refractivity contribution in [3.05, 3.63) is 94.8 Å². The van der Waals surface area contributed by atoms with E-state index in [4.69, 9.17) is 4.74 Å². The molecule has 0 aliphatic carbocycles. The molecule has 1 aliphatic heterocycles. The van der Waals surface area contributed by atoms with Gasteiger partial charge in [0.2, 0.25) is 0 Å². The maximum absolute atomic E-state index is 14.3. The molecule has 1 amide bonds. The number of carbonyl (C=O) groups is 1. The van der Waals surface area contributed by atoms with Gasteiger partial charge < -0.3 is 14.6 Å². The Kier molecular flexibility index (Phi) is 6.96. The lowest BCUT2D eigenvalue weighted by molar-refractivity contribution is -0.384. The lowest BCUT2D eigenvalue weighted by Gasteiger charge is -2.47. The summed E-state index contributed by atoms with van der Waals surface area (Å²) in [4.78, 5) is 33.1. The lowest BCUT2D eigenvalue weighted by atomic mass is 9.90. The Balaban J connectivity index is 1.59. The SMILES string of the molecule is CC1(N(c2c([N+](=O)[O-])cnc3[nH]ccc23)S(=O)(=O)c2ccccc2)CCCN(C(=O)OCc2ccccc2)C1. The Morgan fingerprint density at radius 2 is 1.85 bits per heavy atom.